The van der Waals surface area contributed by atoms with Crippen LogP contribution in [-0.2, 0) is 0 Å². The fourth-order valence-electron chi connectivity index (χ4n) is 2.05. The lowest BCUT2D eigenvalue weighted by molar-refractivity contribution is 0.482. The first-order chi connectivity index (χ1) is 10.2. The molecule has 3 heteroatoms. The van der Waals surface area contributed by atoms with Crippen molar-refractivity contribution in [2.24, 2.45) is 0 Å². The number of nitrogens with two attached hydrogens (primary N) is 1. The van der Waals surface area contributed by atoms with Crippen LogP contribution in [0.2, 0.25) is 0 Å². The maximum Gasteiger partial charge on any atom is 0.127 e. The highest BCUT2D eigenvalue weighted by atomic mass is 16.5. The largest absolute Gasteiger partial charge is 0.457 e. The van der Waals surface area contributed by atoms with Crippen LogP contribution in [0, 0.1) is 6.92 Å². The third kappa shape index (κ3) is 3.20. The van der Waals surface area contributed by atoms with Crippen molar-refractivity contribution in [3.05, 3.63) is 72.3 Å². The van der Waals surface area contributed by atoms with Gasteiger partial charge in [-0.25, -0.2) is 4.98 Å². The highest BCUT2D eigenvalue weighted by Crippen LogP contribution is 2.25. The van der Waals surface area contributed by atoms with Gasteiger partial charge in [0.15, 0.2) is 0 Å². The minimum atomic E-state index is 0.521. The van der Waals surface area contributed by atoms with E-state index >= 15 is 0 Å². The maximum absolute atomic E-state index is 5.80. The van der Waals surface area contributed by atoms with Gasteiger partial charge in [0.05, 0.1) is 5.69 Å². The van der Waals surface area contributed by atoms with Gasteiger partial charge in [0.1, 0.15) is 17.3 Å². The van der Waals surface area contributed by atoms with E-state index in [1.54, 1.807) is 6.07 Å². The molecule has 1 heterocycles. The summed E-state index contributed by atoms with van der Waals surface area (Å²) in [6, 6.07) is 21.4. The van der Waals surface area contributed by atoms with Crippen molar-refractivity contribution in [1.82, 2.24) is 4.98 Å². The summed E-state index contributed by atoms with van der Waals surface area (Å²) in [4.78, 5) is 4.30. The normalized spacial score (nSPS) is 10.3. The SMILES string of the molecule is Cc1ccc(Oc2ccc(-c3cccc(N)n3)cc2)cc1. The molecular weight excluding hydrogens is 260 g/mol. The van der Waals surface area contributed by atoms with E-state index in [0.29, 0.717) is 5.82 Å². The third-order valence-corrected chi connectivity index (χ3v) is 3.18. The van der Waals surface area contributed by atoms with Crippen molar-refractivity contribution in [2.75, 3.05) is 5.73 Å². The summed E-state index contributed by atoms with van der Waals surface area (Å²) in [5, 5.41) is 0. The lowest BCUT2D eigenvalue weighted by atomic mass is 10.1. The Balaban J connectivity index is 1.79. The Kier molecular flexibility index (Phi) is 3.56. The molecule has 2 N–H and O–H groups in total. The molecule has 0 spiro atoms. The smallest absolute Gasteiger partial charge is 0.127 e. The summed E-state index contributed by atoms with van der Waals surface area (Å²) in [5.41, 5.74) is 8.79. The van der Waals surface area contributed by atoms with Gasteiger partial charge in [0.2, 0.25) is 0 Å². The molecule has 3 rings (SSSR count). The van der Waals surface area contributed by atoms with Crippen molar-refractivity contribution in [2.45, 2.75) is 6.92 Å². The predicted molar refractivity (Wildman–Crippen MR) is 85.3 cm³/mol. The number of aromatic nitrogens is 1. The summed E-state index contributed by atoms with van der Waals surface area (Å²) in [6.07, 6.45) is 0. The van der Waals surface area contributed by atoms with Crippen LogP contribution in [0.25, 0.3) is 11.3 Å². The number of anilines is 1. The molecule has 0 amide bonds. The third-order valence-electron chi connectivity index (χ3n) is 3.18. The van der Waals surface area contributed by atoms with Gasteiger partial charge in [-0.05, 0) is 55.5 Å². The number of pyridine rings is 1. The summed E-state index contributed by atoms with van der Waals surface area (Å²) in [5.74, 6) is 2.15. The first-order valence-electron chi connectivity index (χ1n) is 6.78. The number of benzene rings is 2. The molecule has 0 radical (unpaired) electrons. The number of rotatable bonds is 3. The van der Waals surface area contributed by atoms with E-state index in [1.165, 1.54) is 5.56 Å². The minimum absolute atomic E-state index is 0.521. The zero-order valence-electron chi connectivity index (χ0n) is 11.8. The summed E-state index contributed by atoms with van der Waals surface area (Å²) in [7, 11) is 0. The monoisotopic (exact) mass is 276 g/mol. The van der Waals surface area contributed by atoms with Gasteiger partial charge in [-0.15, -0.1) is 0 Å². The molecule has 0 fully saturated rings. The van der Waals surface area contributed by atoms with Crippen LogP contribution in [0.4, 0.5) is 5.82 Å². The number of hydrogen-bond acceptors (Lipinski definition) is 3. The predicted octanol–water partition coefficient (Wildman–Crippen LogP) is 4.43. The fourth-order valence-corrected chi connectivity index (χ4v) is 2.05. The Hall–Kier alpha value is -2.81. The van der Waals surface area contributed by atoms with Gasteiger partial charge < -0.3 is 10.5 Å². The molecule has 0 atom stereocenters. The van der Waals surface area contributed by atoms with Crippen molar-refractivity contribution in [1.29, 1.82) is 0 Å². The molecule has 0 bridgehead atoms. The highest BCUT2D eigenvalue weighted by molar-refractivity contribution is 5.61. The lowest BCUT2D eigenvalue weighted by Gasteiger charge is -2.07. The number of nitrogen functional groups attached to an aromatic ring is 1. The quantitative estimate of drug-likeness (QED) is 0.769. The topological polar surface area (TPSA) is 48.1 Å². The first-order valence-corrected chi connectivity index (χ1v) is 6.78. The van der Waals surface area contributed by atoms with E-state index in [0.717, 1.165) is 22.8 Å². The van der Waals surface area contributed by atoms with E-state index in [2.05, 4.69) is 11.9 Å². The van der Waals surface area contributed by atoms with Crippen molar-refractivity contribution >= 4 is 5.82 Å². The number of aryl methyl sites for hydroxylation is 1. The van der Waals surface area contributed by atoms with Crippen LogP contribution in [-0.4, -0.2) is 4.98 Å². The Bertz CT molecular complexity index is 734. The molecule has 0 unspecified atom stereocenters. The second-order valence-electron chi connectivity index (χ2n) is 4.89. The van der Waals surface area contributed by atoms with E-state index in [-0.39, 0.29) is 0 Å². The maximum atomic E-state index is 5.80. The molecule has 3 aromatic rings. The van der Waals surface area contributed by atoms with Gasteiger partial charge >= 0.3 is 0 Å². The van der Waals surface area contributed by atoms with Gasteiger partial charge in [0.25, 0.3) is 0 Å². The second-order valence-corrected chi connectivity index (χ2v) is 4.89. The number of nitrogens with zero attached hydrogens (tertiary/aromatic N) is 1. The van der Waals surface area contributed by atoms with Gasteiger partial charge in [-0.2, -0.15) is 0 Å². The van der Waals surface area contributed by atoms with Crippen molar-refractivity contribution in [3.63, 3.8) is 0 Å². The Morgan fingerprint density at radius 1 is 0.810 bits per heavy atom. The number of hydrogen-bond donors (Lipinski definition) is 1. The zero-order chi connectivity index (χ0) is 14.7. The Labute approximate surface area is 124 Å². The first kappa shape index (κ1) is 13.2. The molecular formula is C18H16N2O. The van der Waals surface area contributed by atoms with E-state index < -0.39 is 0 Å². The van der Waals surface area contributed by atoms with Crippen LogP contribution in [0.15, 0.2) is 66.7 Å². The van der Waals surface area contributed by atoms with Crippen LogP contribution in [0.5, 0.6) is 11.5 Å². The molecule has 0 aliphatic heterocycles. The molecule has 0 saturated heterocycles. The molecule has 0 saturated carbocycles. The average Bonchev–Trinajstić information content (AvgIpc) is 2.50. The Morgan fingerprint density at radius 2 is 1.43 bits per heavy atom. The van der Waals surface area contributed by atoms with Gasteiger partial charge in [-0.1, -0.05) is 23.8 Å². The molecule has 21 heavy (non-hydrogen) atoms. The lowest BCUT2D eigenvalue weighted by Crippen LogP contribution is -1.91. The average molecular weight is 276 g/mol. The summed E-state index contributed by atoms with van der Waals surface area (Å²) < 4.78 is 5.80. The molecule has 0 aliphatic rings. The molecule has 1 aromatic heterocycles. The molecule has 3 nitrogen and oxygen atoms in total. The Morgan fingerprint density at radius 3 is 2.05 bits per heavy atom. The van der Waals surface area contributed by atoms with E-state index in [9.17, 15) is 0 Å². The summed E-state index contributed by atoms with van der Waals surface area (Å²) in [6.45, 7) is 2.05. The molecule has 104 valence electrons. The second kappa shape index (κ2) is 5.67. The molecule has 0 aliphatic carbocycles. The van der Waals surface area contributed by atoms with Crippen LogP contribution >= 0.6 is 0 Å². The van der Waals surface area contributed by atoms with Crippen LogP contribution < -0.4 is 10.5 Å². The van der Waals surface area contributed by atoms with Crippen molar-refractivity contribution < 1.29 is 4.74 Å². The van der Waals surface area contributed by atoms with Crippen molar-refractivity contribution in [3.8, 4) is 22.8 Å². The van der Waals surface area contributed by atoms with Crippen LogP contribution in [0.1, 0.15) is 5.56 Å². The van der Waals surface area contributed by atoms with Gasteiger partial charge in [0, 0.05) is 5.56 Å². The molecule has 2 aromatic carbocycles. The van der Waals surface area contributed by atoms with Gasteiger partial charge in [-0.3, -0.25) is 0 Å². The fraction of sp³-hybridized carbons (Fsp3) is 0.0556. The van der Waals surface area contributed by atoms with Crippen LogP contribution in [0.3, 0.4) is 0 Å². The summed E-state index contributed by atoms with van der Waals surface area (Å²) >= 11 is 0. The zero-order valence-corrected chi connectivity index (χ0v) is 11.8. The van der Waals surface area contributed by atoms with E-state index in [4.69, 9.17) is 10.5 Å². The highest BCUT2D eigenvalue weighted by Gasteiger charge is 2.01. The standard InChI is InChI=1S/C18H16N2O/c1-13-5-9-15(10-6-13)21-16-11-7-14(8-12-16)17-3-2-4-18(19)20-17/h2-12H,1H3,(H2,19,20). The van der Waals surface area contributed by atoms with E-state index in [1.807, 2.05) is 60.7 Å². The number of ether oxygens (including phenoxy) is 1. The minimum Gasteiger partial charge on any atom is -0.457 e.